The quantitative estimate of drug-likeness (QED) is 0.428. The second-order valence-electron chi connectivity index (χ2n) is 8.24. The normalized spacial score (nSPS) is 13.5. The maximum absolute atomic E-state index is 12.4. The summed E-state index contributed by atoms with van der Waals surface area (Å²) in [6, 6.07) is 10.1. The fourth-order valence-electron chi connectivity index (χ4n) is 3.96. The Bertz CT molecular complexity index is 916. The number of pyridine rings is 1. The van der Waals surface area contributed by atoms with E-state index in [1.54, 1.807) is 24.3 Å². The first-order valence-electron chi connectivity index (χ1n) is 11.5. The van der Waals surface area contributed by atoms with E-state index >= 15 is 0 Å². The monoisotopic (exact) mass is 439 g/mol. The van der Waals surface area contributed by atoms with Crippen LogP contribution in [0.1, 0.15) is 66.6 Å². The summed E-state index contributed by atoms with van der Waals surface area (Å²) in [5.74, 6) is 0.201. The first kappa shape index (κ1) is 23.6. The highest BCUT2D eigenvalue weighted by Gasteiger charge is 2.20. The molecule has 3 N–H and O–H groups in total. The van der Waals surface area contributed by atoms with E-state index in [9.17, 15) is 14.7 Å². The number of aliphatic carboxylic acids is 1. The van der Waals surface area contributed by atoms with Crippen LogP contribution >= 0.6 is 0 Å². The molecule has 0 bridgehead atoms. The van der Waals surface area contributed by atoms with Gasteiger partial charge >= 0.3 is 5.97 Å². The van der Waals surface area contributed by atoms with E-state index in [2.05, 4.69) is 22.8 Å². The third-order valence-electron chi connectivity index (χ3n) is 5.81. The van der Waals surface area contributed by atoms with E-state index in [-0.39, 0.29) is 0 Å². The number of hydrogen-bond acceptors (Lipinski definition) is 5. The fraction of sp³-hybridized carbons (Fsp3) is 0.480. The zero-order valence-corrected chi connectivity index (χ0v) is 18.7. The van der Waals surface area contributed by atoms with Crippen molar-refractivity contribution in [3.05, 3.63) is 53.2 Å². The number of fused-ring (bicyclic) bond motifs is 1. The lowest BCUT2D eigenvalue weighted by Gasteiger charge is -2.17. The van der Waals surface area contributed by atoms with Gasteiger partial charge in [0, 0.05) is 17.8 Å². The van der Waals surface area contributed by atoms with Gasteiger partial charge in [-0.1, -0.05) is 37.8 Å². The molecule has 7 heteroatoms. The van der Waals surface area contributed by atoms with Crippen molar-refractivity contribution in [3.63, 3.8) is 0 Å². The number of carbonyl (C=O) groups excluding carboxylic acids is 1. The number of unbranched alkanes of at least 4 members (excludes halogenated alkanes) is 4. The molecule has 172 valence electrons. The van der Waals surface area contributed by atoms with Crippen molar-refractivity contribution in [2.45, 2.75) is 63.8 Å². The number of benzene rings is 1. The molecule has 2 heterocycles. The largest absolute Gasteiger partial charge is 0.497 e. The van der Waals surface area contributed by atoms with Crippen molar-refractivity contribution in [1.29, 1.82) is 0 Å². The molecule has 1 amide bonds. The van der Waals surface area contributed by atoms with Gasteiger partial charge in [-0.05, 0) is 61.9 Å². The molecule has 0 fully saturated rings. The Morgan fingerprint density at radius 1 is 1.16 bits per heavy atom. The highest BCUT2D eigenvalue weighted by molar-refractivity contribution is 5.96. The molecule has 3 rings (SSSR count). The molecule has 1 unspecified atom stereocenters. The van der Waals surface area contributed by atoms with Gasteiger partial charge in [0.25, 0.3) is 5.91 Å². The van der Waals surface area contributed by atoms with Crippen molar-refractivity contribution >= 4 is 17.7 Å². The van der Waals surface area contributed by atoms with Gasteiger partial charge in [-0.2, -0.15) is 0 Å². The molecular formula is C25H33N3O4. The van der Waals surface area contributed by atoms with Crippen LogP contribution in [0.15, 0.2) is 36.4 Å². The number of ether oxygens (including phenoxy) is 1. The number of anilines is 1. The maximum Gasteiger partial charge on any atom is 0.326 e. The molecule has 1 aromatic carbocycles. The van der Waals surface area contributed by atoms with Crippen LogP contribution in [0.4, 0.5) is 5.82 Å². The van der Waals surface area contributed by atoms with E-state index in [0.717, 1.165) is 63.0 Å². The number of nitrogens with one attached hydrogen (secondary N) is 2. The second-order valence-corrected chi connectivity index (χ2v) is 8.24. The predicted molar refractivity (Wildman–Crippen MR) is 124 cm³/mol. The Labute approximate surface area is 189 Å². The summed E-state index contributed by atoms with van der Waals surface area (Å²) in [4.78, 5) is 28.7. The van der Waals surface area contributed by atoms with Gasteiger partial charge in [-0.25, -0.2) is 9.78 Å². The highest BCUT2D eigenvalue weighted by Crippen LogP contribution is 2.20. The number of rotatable bonds is 12. The third-order valence-corrected chi connectivity index (χ3v) is 5.81. The first-order chi connectivity index (χ1) is 15.6. The molecule has 7 nitrogen and oxygen atoms in total. The number of hydrogen-bond donors (Lipinski definition) is 3. The molecule has 1 aliphatic rings. The Kier molecular flexibility index (Phi) is 8.90. The van der Waals surface area contributed by atoms with E-state index in [0.29, 0.717) is 17.7 Å². The van der Waals surface area contributed by atoms with Crippen LogP contribution < -0.4 is 15.4 Å². The summed E-state index contributed by atoms with van der Waals surface area (Å²) >= 11 is 0. The molecule has 0 saturated carbocycles. The van der Waals surface area contributed by atoms with Crippen molar-refractivity contribution in [2.24, 2.45) is 0 Å². The zero-order valence-electron chi connectivity index (χ0n) is 18.7. The standard InChI is InChI=1S/C25H33N3O4/c1-32-21-12-7-9-19(17-21)24(29)28-22(25(30)31)13-6-4-2-3-5-11-20-15-14-18-10-8-16-26-23(18)27-20/h7,9,12,14-15,17,22H,2-6,8,10-11,13,16H2,1H3,(H,26,27)(H,28,29)(H,30,31). The number of carboxylic acid groups (broad SMARTS) is 1. The van der Waals surface area contributed by atoms with Gasteiger partial charge in [-0.15, -0.1) is 0 Å². The number of amides is 1. The second kappa shape index (κ2) is 12.1. The molecular weight excluding hydrogens is 406 g/mol. The molecule has 2 aromatic rings. The van der Waals surface area contributed by atoms with Gasteiger partial charge in [-0.3, -0.25) is 4.79 Å². The Morgan fingerprint density at radius 3 is 2.78 bits per heavy atom. The number of carbonyl (C=O) groups is 2. The topological polar surface area (TPSA) is 101 Å². The minimum absolute atomic E-state index is 0.390. The lowest BCUT2D eigenvalue weighted by molar-refractivity contribution is -0.139. The third kappa shape index (κ3) is 6.97. The van der Waals surface area contributed by atoms with Gasteiger partial charge in [0.2, 0.25) is 0 Å². The zero-order chi connectivity index (χ0) is 22.8. The minimum Gasteiger partial charge on any atom is -0.497 e. The molecule has 1 atom stereocenters. The van der Waals surface area contributed by atoms with Crippen LogP contribution in [0.2, 0.25) is 0 Å². The van der Waals surface area contributed by atoms with E-state index in [4.69, 9.17) is 9.72 Å². The Balaban J connectivity index is 1.34. The van der Waals surface area contributed by atoms with Crippen molar-refractivity contribution in [1.82, 2.24) is 10.3 Å². The summed E-state index contributed by atoms with van der Waals surface area (Å²) in [6.07, 6.45) is 8.55. The summed E-state index contributed by atoms with van der Waals surface area (Å²) in [7, 11) is 1.53. The smallest absolute Gasteiger partial charge is 0.326 e. The number of nitrogens with zero attached hydrogens (tertiary/aromatic N) is 1. The average molecular weight is 440 g/mol. The van der Waals surface area contributed by atoms with Crippen molar-refractivity contribution < 1.29 is 19.4 Å². The van der Waals surface area contributed by atoms with E-state index < -0.39 is 17.9 Å². The SMILES string of the molecule is COc1cccc(C(=O)NC(CCCCCCCc2ccc3c(n2)NCCC3)C(=O)O)c1. The molecule has 1 aromatic heterocycles. The lowest BCUT2D eigenvalue weighted by atomic mass is 10.0. The summed E-state index contributed by atoms with van der Waals surface area (Å²) in [6.45, 7) is 1.00. The van der Waals surface area contributed by atoms with Gasteiger partial charge in [0.05, 0.1) is 7.11 Å². The molecule has 0 saturated heterocycles. The van der Waals surface area contributed by atoms with Crippen molar-refractivity contribution in [2.75, 3.05) is 19.0 Å². The molecule has 0 radical (unpaired) electrons. The van der Waals surface area contributed by atoms with Crippen LogP contribution in [0.5, 0.6) is 5.75 Å². The van der Waals surface area contributed by atoms with Crippen LogP contribution in [-0.2, 0) is 17.6 Å². The summed E-state index contributed by atoms with van der Waals surface area (Å²) < 4.78 is 5.12. The average Bonchev–Trinajstić information content (AvgIpc) is 2.82. The maximum atomic E-state index is 12.4. The van der Waals surface area contributed by atoms with Gasteiger partial charge in [0.15, 0.2) is 0 Å². The molecule has 1 aliphatic heterocycles. The van der Waals surface area contributed by atoms with Crippen LogP contribution in [0, 0.1) is 0 Å². The van der Waals surface area contributed by atoms with Crippen LogP contribution in [0.3, 0.4) is 0 Å². The van der Waals surface area contributed by atoms with Crippen molar-refractivity contribution in [3.8, 4) is 5.75 Å². The van der Waals surface area contributed by atoms with E-state index in [1.807, 2.05) is 0 Å². The number of methoxy groups -OCH3 is 1. The fourth-order valence-corrected chi connectivity index (χ4v) is 3.96. The van der Waals surface area contributed by atoms with Gasteiger partial charge in [0.1, 0.15) is 17.6 Å². The van der Waals surface area contributed by atoms with Crippen LogP contribution in [0.25, 0.3) is 0 Å². The highest BCUT2D eigenvalue weighted by atomic mass is 16.5. The number of aryl methyl sites for hydroxylation is 2. The lowest BCUT2D eigenvalue weighted by Crippen LogP contribution is -2.40. The number of aromatic nitrogens is 1. The number of carboxylic acids is 1. The Morgan fingerprint density at radius 2 is 1.97 bits per heavy atom. The summed E-state index contributed by atoms with van der Waals surface area (Å²) in [5, 5.41) is 15.5. The minimum atomic E-state index is -1.01. The summed E-state index contributed by atoms with van der Waals surface area (Å²) in [5.41, 5.74) is 2.83. The van der Waals surface area contributed by atoms with Crippen LogP contribution in [-0.4, -0.2) is 41.7 Å². The van der Waals surface area contributed by atoms with E-state index in [1.165, 1.54) is 19.1 Å². The predicted octanol–water partition coefficient (Wildman–Crippen LogP) is 4.21. The molecule has 0 aliphatic carbocycles. The molecule has 32 heavy (non-hydrogen) atoms. The van der Waals surface area contributed by atoms with Gasteiger partial charge < -0.3 is 20.5 Å². The molecule has 0 spiro atoms. The Hall–Kier alpha value is -3.09. The first-order valence-corrected chi connectivity index (χ1v) is 11.5.